The molecule has 0 aliphatic heterocycles. The van der Waals surface area contributed by atoms with Gasteiger partial charge in [-0.2, -0.15) is 6.54 Å². The molecule has 0 heterocycles. The molecule has 12 heavy (non-hydrogen) atoms. The Morgan fingerprint density at radius 2 is 1.75 bits per heavy atom. The summed E-state index contributed by atoms with van der Waals surface area (Å²) >= 11 is 0. The van der Waals surface area contributed by atoms with Crippen LogP contribution in [0, 0.1) is 14.9 Å². The Morgan fingerprint density at radius 1 is 1.33 bits per heavy atom. The first-order valence-corrected chi connectivity index (χ1v) is 2.58. The molecule has 0 aromatic heterocycles. The standard InChI is InChI=1S/C5H10NO2.2CH3.H2N.Pt/c6-3-1-2-5(8)4-7;;;;/h6-7H,1-4H2;2*1H3;1H2;/q4*-1;+4. The Morgan fingerprint density at radius 3 is 2.00 bits per heavy atom. The first kappa shape index (κ1) is 29.5. The second kappa shape index (κ2) is 22.5. The molecule has 0 atom stereocenters. The van der Waals surface area contributed by atoms with E-state index in [0.29, 0.717) is 12.8 Å². The predicted molar refractivity (Wildman–Crippen MR) is 48.6 cm³/mol. The number of Topliss-reactive ketones (excluding diaryl/α,β-unsaturated/α-hetero) is 1. The second-order valence-corrected chi connectivity index (χ2v) is 1.55. The Hall–Kier alpha value is 0.238. The van der Waals surface area contributed by atoms with Gasteiger partial charge in [0.15, 0.2) is 5.78 Å². The average molecular weight is 357 g/mol. The minimum Gasteiger partial charge on any atom is -0.693 e. The van der Waals surface area contributed by atoms with Gasteiger partial charge in [-0.05, 0) is 0 Å². The second-order valence-electron chi connectivity index (χ2n) is 1.55. The Bertz CT molecular complexity index is 81.8. The molecule has 0 aromatic carbocycles. The molecule has 0 rings (SSSR count). The molecule has 0 fully saturated rings. The van der Waals surface area contributed by atoms with E-state index in [2.05, 4.69) is 0 Å². The summed E-state index contributed by atoms with van der Waals surface area (Å²) in [5, 5.41) is 8.15. The van der Waals surface area contributed by atoms with Gasteiger partial charge in [0.2, 0.25) is 0 Å². The van der Waals surface area contributed by atoms with E-state index in [1.54, 1.807) is 0 Å². The topological polar surface area (TPSA) is 94.6 Å². The van der Waals surface area contributed by atoms with Crippen molar-refractivity contribution in [2.75, 3.05) is 13.2 Å². The van der Waals surface area contributed by atoms with Gasteiger partial charge in [-0.3, -0.25) is 4.79 Å². The Kier molecular flexibility index (Phi) is 55.3. The normalized spacial score (nSPS) is 6.17. The van der Waals surface area contributed by atoms with Crippen molar-refractivity contribution in [1.29, 1.82) is 0 Å². The maximum absolute atomic E-state index is 10.2. The molecule has 0 spiro atoms. The number of ketones is 1. The van der Waals surface area contributed by atoms with Crippen molar-refractivity contribution in [3.05, 3.63) is 26.7 Å². The maximum Gasteiger partial charge on any atom is 4.00 e. The molecule has 5 heteroatoms. The number of hydrogen-bond acceptors (Lipinski definition) is 2. The fraction of sp³-hybridized carbons (Fsp3) is 0.571. The largest absolute Gasteiger partial charge is 4.00 e. The van der Waals surface area contributed by atoms with E-state index in [9.17, 15) is 4.79 Å². The van der Waals surface area contributed by atoms with Crippen molar-refractivity contribution in [1.82, 2.24) is 0 Å². The van der Waals surface area contributed by atoms with Gasteiger partial charge < -0.3 is 31.8 Å². The zero-order valence-corrected chi connectivity index (χ0v) is 9.85. The van der Waals surface area contributed by atoms with E-state index in [4.69, 9.17) is 10.8 Å². The molecule has 0 aliphatic carbocycles. The van der Waals surface area contributed by atoms with Crippen molar-refractivity contribution < 1.29 is 31.0 Å². The molecular weight excluding hydrogens is 339 g/mol. The number of hydrogen-bond donors (Lipinski definition) is 1. The number of aliphatic hydroxyl groups is 1. The maximum atomic E-state index is 10.2. The minimum absolute atomic E-state index is 0. The van der Waals surface area contributed by atoms with Gasteiger partial charge in [-0.15, -0.1) is 0 Å². The summed E-state index contributed by atoms with van der Waals surface area (Å²) in [5.74, 6) is -0.169. The number of aliphatic hydroxyl groups excluding tert-OH is 1. The molecule has 0 saturated heterocycles. The minimum atomic E-state index is -0.375. The fourth-order valence-corrected chi connectivity index (χ4v) is 0.365. The molecule has 0 bridgehead atoms. The van der Waals surface area contributed by atoms with Crippen molar-refractivity contribution in [2.45, 2.75) is 12.8 Å². The fourth-order valence-electron chi connectivity index (χ4n) is 0.365. The van der Waals surface area contributed by atoms with Gasteiger partial charge >= 0.3 is 21.1 Å². The van der Waals surface area contributed by atoms with Crippen molar-refractivity contribution in [3.8, 4) is 0 Å². The number of carbonyl (C=O) groups is 1. The summed E-state index contributed by atoms with van der Waals surface area (Å²) in [7, 11) is 0. The van der Waals surface area contributed by atoms with Crippen molar-refractivity contribution in [3.63, 3.8) is 0 Å². The van der Waals surface area contributed by atoms with Gasteiger partial charge in [0.05, 0.1) is 0 Å². The number of nitrogens with two attached hydrogens (primary N) is 1. The number of nitrogens with one attached hydrogen (secondary N) is 1. The molecular formula is C7H18N2O2Pt. The third-order valence-electron chi connectivity index (χ3n) is 0.809. The first-order chi connectivity index (χ1) is 3.81. The van der Waals surface area contributed by atoms with Crippen molar-refractivity contribution in [2.24, 2.45) is 0 Å². The van der Waals surface area contributed by atoms with Crippen LogP contribution in [-0.4, -0.2) is 24.0 Å². The summed E-state index contributed by atoms with van der Waals surface area (Å²) in [5.41, 5.74) is 6.64. The SMILES string of the molecule is [CH3-].[CH3-].[NH-]CCCC(=O)CO.[NH2-].[Pt+4]. The molecule has 78 valence electrons. The van der Waals surface area contributed by atoms with Crippen LogP contribution in [0.5, 0.6) is 0 Å². The van der Waals surface area contributed by atoms with Gasteiger partial charge in [0.1, 0.15) is 6.61 Å². The zero-order chi connectivity index (χ0) is 6.41. The Balaban J connectivity index is -0.0000000408. The monoisotopic (exact) mass is 357 g/mol. The predicted octanol–water partition coefficient (Wildman–Crippen LogP) is 2.00. The smallest absolute Gasteiger partial charge is 0.693 e. The van der Waals surface area contributed by atoms with Crippen LogP contribution < -0.4 is 0 Å². The summed E-state index contributed by atoms with van der Waals surface area (Å²) < 4.78 is 0. The Labute approximate surface area is 89.8 Å². The van der Waals surface area contributed by atoms with Crippen LogP contribution in [-0.2, 0) is 25.9 Å². The van der Waals surface area contributed by atoms with Crippen LogP contribution in [0.25, 0.3) is 11.9 Å². The van der Waals surface area contributed by atoms with Crippen LogP contribution in [0.2, 0.25) is 0 Å². The third-order valence-corrected chi connectivity index (χ3v) is 0.809. The summed E-state index contributed by atoms with van der Waals surface area (Å²) in [6.07, 6.45) is 0.916. The first-order valence-electron chi connectivity index (χ1n) is 2.58. The van der Waals surface area contributed by atoms with Crippen molar-refractivity contribution >= 4 is 5.78 Å². The number of rotatable bonds is 4. The van der Waals surface area contributed by atoms with E-state index in [1.807, 2.05) is 0 Å². The average Bonchev–Trinajstić information content (AvgIpc) is 1.83. The van der Waals surface area contributed by atoms with Gasteiger partial charge in [0.25, 0.3) is 0 Å². The molecule has 4 nitrogen and oxygen atoms in total. The van der Waals surface area contributed by atoms with E-state index >= 15 is 0 Å². The molecule has 4 N–H and O–H groups in total. The number of carbonyl (C=O) groups excluding carboxylic acids is 1. The van der Waals surface area contributed by atoms with Crippen LogP contribution in [0.15, 0.2) is 0 Å². The molecule has 0 radical (unpaired) electrons. The summed E-state index contributed by atoms with van der Waals surface area (Å²) in [6.45, 7) is -0.105. The molecule has 0 amide bonds. The van der Waals surface area contributed by atoms with Crippen LogP contribution in [0.1, 0.15) is 12.8 Å². The van der Waals surface area contributed by atoms with Gasteiger partial charge in [-0.1, -0.05) is 6.42 Å². The zero-order valence-electron chi connectivity index (χ0n) is 7.58. The molecule has 0 aromatic rings. The van der Waals surface area contributed by atoms with E-state index in [1.165, 1.54) is 0 Å². The van der Waals surface area contributed by atoms with Gasteiger partial charge in [-0.25, -0.2) is 0 Å². The molecule has 0 aliphatic rings. The van der Waals surface area contributed by atoms with Gasteiger partial charge in [0, 0.05) is 6.42 Å². The summed E-state index contributed by atoms with van der Waals surface area (Å²) in [4.78, 5) is 10.2. The van der Waals surface area contributed by atoms with Crippen LogP contribution in [0.3, 0.4) is 0 Å². The quantitative estimate of drug-likeness (QED) is 0.779. The molecule has 0 unspecified atom stereocenters. The van der Waals surface area contributed by atoms with Crippen LogP contribution in [0.4, 0.5) is 0 Å². The molecule has 0 saturated carbocycles. The van der Waals surface area contributed by atoms with E-state index in [-0.39, 0.29) is 61.0 Å². The van der Waals surface area contributed by atoms with Crippen LogP contribution >= 0.6 is 0 Å². The van der Waals surface area contributed by atoms with E-state index < -0.39 is 0 Å². The third kappa shape index (κ3) is 22.5. The summed E-state index contributed by atoms with van der Waals surface area (Å²) in [6, 6.07) is 0. The van der Waals surface area contributed by atoms with E-state index in [0.717, 1.165) is 0 Å².